The average molecular weight is 564 g/mol. The van der Waals surface area contributed by atoms with Crippen molar-refractivity contribution in [2.75, 3.05) is 0 Å². The number of nitrogens with zero attached hydrogens (tertiary/aromatic N) is 1. The van der Waals surface area contributed by atoms with Gasteiger partial charge in [0.1, 0.15) is 0 Å². The molecule has 1 amide bonds. The van der Waals surface area contributed by atoms with Crippen LogP contribution >= 0.6 is 0 Å². The molecule has 42 heavy (non-hydrogen) atoms. The summed E-state index contributed by atoms with van der Waals surface area (Å²) in [6.45, 7) is 2.01. The van der Waals surface area contributed by atoms with Gasteiger partial charge in [0.25, 0.3) is 5.91 Å². The number of benzene rings is 4. The van der Waals surface area contributed by atoms with Crippen LogP contribution in [0, 0.1) is 6.92 Å². The lowest BCUT2D eigenvalue weighted by molar-refractivity contribution is 0.0594. The van der Waals surface area contributed by atoms with Crippen LogP contribution in [0.3, 0.4) is 0 Å². The van der Waals surface area contributed by atoms with Crippen LogP contribution in [-0.2, 0) is 13.0 Å². The van der Waals surface area contributed by atoms with Crippen LogP contribution < -0.4 is 0 Å². The number of carbonyl (C=O) groups is 4. The predicted molar refractivity (Wildman–Crippen MR) is 156 cm³/mol. The molecule has 0 saturated carbocycles. The maximum atomic E-state index is 14.6. The highest BCUT2D eigenvalue weighted by molar-refractivity contribution is 6.15. The fourth-order valence-corrected chi connectivity index (χ4v) is 5.89. The quantitative estimate of drug-likeness (QED) is 0.224. The summed E-state index contributed by atoms with van der Waals surface area (Å²) in [7, 11) is 0. The number of amides is 1. The summed E-state index contributed by atoms with van der Waals surface area (Å²) in [6, 6.07) is 24.7. The van der Waals surface area contributed by atoms with Crippen molar-refractivity contribution in [3.05, 3.63) is 129 Å². The molecule has 0 radical (unpaired) electrons. The first kappa shape index (κ1) is 28.3. The zero-order valence-electron chi connectivity index (χ0n) is 22.9. The number of carboxylic acids is 3. The summed E-state index contributed by atoms with van der Waals surface area (Å²) < 4.78 is 0. The zero-order chi connectivity index (χ0) is 30.0. The number of rotatable bonds is 8. The maximum absolute atomic E-state index is 14.6. The van der Waals surface area contributed by atoms with Crippen LogP contribution in [0.5, 0.6) is 0 Å². The number of hydrogen-bond acceptors (Lipinski definition) is 4. The van der Waals surface area contributed by atoms with Crippen LogP contribution in [0.25, 0.3) is 11.1 Å². The molecule has 8 heteroatoms. The van der Waals surface area contributed by atoms with Gasteiger partial charge in [0.05, 0.1) is 28.3 Å². The van der Waals surface area contributed by atoms with Crippen LogP contribution in [0.4, 0.5) is 0 Å². The normalized spacial score (nSPS) is 14.1. The lowest BCUT2D eigenvalue weighted by Crippen LogP contribution is -2.38. The van der Waals surface area contributed by atoms with E-state index in [2.05, 4.69) is 0 Å². The molecule has 4 aromatic rings. The second kappa shape index (κ2) is 11.7. The number of fused-ring (bicyclic) bond motifs is 1. The van der Waals surface area contributed by atoms with Gasteiger partial charge >= 0.3 is 17.9 Å². The van der Waals surface area contributed by atoms with Gasteiger partial charge < -0.3 is 20.2 Å². The second-order valence-electron chi connectivity index (χ2n) is 10.3. The van der Waals surface area contributed by atoms with Crippen molar-refractivity contribution in [2.45, 2.75) is 38.8 Å². The molecule has 0 unspecified atom stereocenters. The molecule has 1 aliphatic rings. The molecule has 1 atom stereocenters. The number of aromatic carboxylic acids is 3. The van der Waals surface area contributed by atoms with Crippen molar-refractivity contribution in [3.63, 3.8) is 0 Å². The topological polar surface area (TPSA) is 132 Å². The summed E-state index contributed by atoms with van der Waals surface area (Å²) in [5.41, 5.74) is 2.94. The molecule has 0 aromatic heterocycles. The van der Waals surface area contributed by atoms with Crippen molar-refractivity contribution in [1.29, 1.82) is 0 Å². The fraction of sp³-hybridized carbons (Fsp3) is 0.176. The smallest absolute Gasteiger partial charge is 0.337 e. The average Bonchev–Trinajstić information content (AvgIpc) is 2.99. The monoisotopic (exact) mass is 563 g/mol. The Balaban J connectivity index is 1.72. The minimum Gasteiger partial charge on any atom is -0.478 e. The van der Waals surface area contributed by atoms with Crippen LogP contribution in [0.1, 0.15) is 82.6 Å². The summed E-state index contributed by atoms with van der Waals surface area (Å²) in [5, 5.41) is 29.8. The minimum atomic E-state index is -1.69. The Morgan fingerprint density at radius 1 is 0.738 bits per heavy atom. The number of carbonyl (C=O) groups excluding carboxylic acids is 1. The van der Waals surface area contributed by atoms with Crippen molar-refractivity contribution >= 4 is 23.8 Å². The van der Waals surface area contributed by atoms with Crippen molar-refractivity contribution in [3.8, 4) is 11.1 Å². The predicted octanol–water partition coefficient (Wildman–Crippen LogP) is 6.48. The third kappa shape index (κ3) is 5.26. The summed E-state index contributed by atoms with van der Waals surface area (Å²) in [6.07, 6.45) is 2.15. The lowest BCUT2D eigenvalue weighted by atomic mass is 9.85. The fourth-order valence-electron chi connectivity index (χ4n) is 5.89. The Hall–Kier alpha value is -5.24. The zero-order valence-corrected chi connectivity index (χ0v) is 22.9. The first-order valence-electron chi connectivity index (χ1n) is 13.6. The van der Waals surface area contributed by atoms with E-state index in [-0.39, 0.29) is 6.54 Å². The molecule has 5 rings (SSSR count). The Kier molecular flexibility index (Phi) is 7.88. The molecule has 0 spiro atoms. The SMILES string of the molecule is Cc1c(CN(C(=O)c2c(C(=O)O)ccc(C(=O)O)c2C(=O)O)[C@H]2CCCc3ccccc32)cccc1-c1ccccc1. The molecule has 1 aliphatic carbocycles. The lowest BCUT2D eigenvalue weighted by Gasteiger charge is -2.37. The summed E-state index contributed by atoms with van der Waals surface area (Å²) in [5.74, 6) is -5.63. The molecule has 3 N–H and O–H groups in total. The molecular weight excluding hydrogens is 534 g/mol. The van der Waals surface area contributed by atoms with Gasteiger partial charge in [-0.2, -0.15) is 0 Å². The molecule has 0 aliphatic heterocycles. The van der Waals surface area contributed by atoms with Crippen molar-refractivity contribution < 1.29 is 34.5 Å². The van der Waals surface area contributed by atoms with E-state index in [0.717, 1.165) is 58.4 Å². The highest BCUT2D eigenvalue weighted by Gasteiger charge is 2.36. The number of aryl methyl sites for hydroxylation is 1. The molecule has 0 saturated heterocycles. The van der Waals surface area contributed by atoms with E-state index in [9.17, 15) is 34.5 Å². The Morgan fingerprint density at radius 2 is 1.38 bits per heavy atom. The summed E-state index contributed by atoms with van der Waals surface area (Å²) in [4.78, 5) is 52.7. The molecule has 212 valence electrons. The minimum absolute atomic E-state index is 0.0553. The van der Waals surface area contributed by atoms with Gasteiger partial charge in [-0.15, -0.1) is 0 Å². The van der Waals surface area contributed by atoms with Gasteiger partial charge in [-0.3, -0.25) is 4.79 Å². The highest BCUT2D eigenvalue weighted by atomic mass is 16.4. The Labute approximate surface area is 242 Å². The standard InChI is InChI=1S/C34H29NO7/c1-20-23(13-7-15-24(20)21-9-3-2-4-10-21)19-35(28-16-8-12-22-11-5-6-14-25(22)28)31(36)29-26(32(37)38)17-18-27(33(39)40)30(29)34(41)42/h2-7,9-11,13-15,17-18,28H,8,12,16,19H2,1H3,(H,37,38)(H,39,40)(H,41,42)/t28-/m0/s1. The van der Waals surface area contributed by atoms with Crippen LogP contribution in [0.2, 0.25) is 0 Å². The second-order valence-corrected chi connectivity index (χ2v) is 10.3. The van der Waals surface area contributed by atoms with Gasteiger partial charge in [-0.1, -0.05) is 72.8 Å². The van der Waals surface area contributed by atoms with E-state index in [1.54, 1.807) is 0 Å². The number of hydrogen-bond donors (Lipinski definition) is 3. The van der Waals surface area contributed by atoms with E-state index in [4.69, 9.17) is 0 Å². The maximum Gasteiger partial charge on any atom is 0.337 e. The van der Waals surface area contributed by atoms with E-state index in [0.29, 0.717) is 6.42 Å². The van der Waals surface area contributed by atoms with Gasteiger partial charge in [-0.25, -0.2) is 14.4 Å². The molecule has 4 aromatic carbocycles. The highest BCUT2D eigenvalue weighted by Crippen LogP contribution is 2.38. The number of carboxylic acid groups (broad SMARTS) is 3. The Bertz CT molecular complexity index is 1710. The van der Waals surface area contributed by atoms with E-state index in [1.165, 1.54) is 4.90 Å². The van der Waals surface area contributed by atoms with E-state index < -0.39 is 52.1 Å². The third-order valence-electron chi connectivity index (χ3n) is 7.94. The largest absolute Gasteiger partial charge is 0.478 e. The van der Waals surface area contributed by atoms with Crippen molar-refractivity contribution in [2.24, 2.45) is 0 Å². The van der Waals surface area contributed by atoms with Gasteiger partial charge in [0, 0.05) is 6.54 Å². The van der Waals surface area contributed by atoms with Crippen LogP contribution in [0.15, 0.2) is 84.9 Å². The molecule has 8 nitrogen and oxygen atoms in total. The molecular formula is C34H29NO7. The molecule has 0 fully saturated rings. The first-order chi connectivity index (χ1) is 20.2. The van der Waals surface area contributed by atoms with Gasteiger partial charge in [0.2, 0.25) is 0 Å². The van der Waals surface area contributed by atoms with E-state index in [1.807, 2.05) is 79.7 Å². The third-order valence-corrected chi connectivity index (χ3v) is 7.94. The van der Waals surface area contributed by atoms with Crippen molar-refractivity contribution in [1.82, 2.24) is 4.90 Å². The van der Waals surface area contributed by atoms with Crippen LogP contribution in [-0.4, -0.2) is 44.0 Å². The van der Waals surface area contributed by atoms with E-state index >= 15 is 0 Å². The summed E-state index contributed by atoms with van der Waals surface area (Å²) >= 11 is 0. The molecule has 0 heterocycles. The van der Waals surface area contributed by atoms with Gasteiger partial charge in [0.15, 0.2) is 0 Å². The Morgan fingerprint density at radius 3 is 2.05 bits per heavy atom. The first-order valence-corrected chi connectivity index (χ1v) is 13.6. The molecule has 0 bridgehead atoms. The van der Waals surface area contributed by atoms with Gasteiger partial charge in [-0.05, 0) is 71.7 Å².